The van der Waals surface area contributed by atoms with E-state index in [9.17, 15) is 0 Å². The van der Waals surface area contributed by atoms with Gasteiger partial charge in [-0.15, -0.1) is 22.9 Å². The van der Waals surface area contributed by atoms with E-state index in [-0.39, 0.29) is 0 Å². The molecule has 0 amide bonds. The summed E-state index contributed by atoms with van der Waals surface area (Å²) in [5.41, 5.74) is 1.000. The number of thiazole rings is 1. The van der Waals surface area contributed by atoms with Gasteiger partial charge in [0.1, 0.15) is 0 Å². The first-order valence-electron chi connectivity index (χ1n) is 6.29. The van der Waals surface area contributed by atoms with E-state index in [1.54, 1.807) is 11.3 Å². The van der Waals surface area contributed by atoms with Crippen LogP contribution in [0.5, 0.6) is 0 Å². The highest BCUT2D eigenvalue weighted by Crippen LogP contribution is 2.14. The Bertz CT molecular complexity index is 301. The van der Waals surface area contributed by atoms with E-state index < -0.39 is 0 Å². The van der Waals surface area contributed by atoms with Gasteiger partial charge in [-0.25, -0.2) is 4.98 Å². The molecule has 0 spiro atoms. The van der Waals surface area contributed by atoms with Crippen LogP contribution >= 0.6 is 22.9 Å². The van der Waals surface area contributed by atoms with Gasteiger partial charge in [-0.3, -0.25) is 0 Å². The van der Waals surface area contributed by atoms with Crippen LogP contribution in [0.4, 0.5) is 0 Å². The van der Waals surface area contributed by atoms with Gasteiger partial charge in [0.2, 0.25) is 0 Å². The van der Waals surface area contributed by atoms with Gasteiger partial charge >= 0.3 is 0 Å². The highest BCUT2D eigenvalue weighted by Gasteiger charge is 2.01. The number of alkyl halides is 1. The second-order valence-corrected chi connectivity index (χ2v) is 5.83. The van der Waals surface area contributed by atoms with Gasteiger partial charge < -0.3 is 4.74 Å². The number of unbranched alkanes of at least 4 members (excludes halogenated alkanes) is 1. The Morgan fingerprint density at radius 1 is 1.35 bits per heavy atom. The molecule has 0 saturated carbocycles. The molecule has 0 aliphatic carbocycles. The fourth-order valence-corrected chi connectivity index (χ4v) is 2.50. The smallest absolute Gasteiger partial charge is 0.0928 e. The summed E-state index contributed by atoms with van der Waals surface area (Å²) < 4.78 is 5.57. The summed E-state index contributed by atoms with van der Waals surface area (Å²) in [6.45, 7) is 6.21. The van der Waals surface area contributed by atoms with E-state index in [2.05, 4.69) is 18.8 Å². The Morgan fingerprint density at radius 2 is 2.18 bits per heavy atom. The van der Waals surface area contributed by atoms with Crippen LogP contribution in [-0.4, -0.2) is 18.2 Å². The maximum Gasteiger partial charge on any atom is 0.0928 e. The van der Waals surface area contributed by atoms with Crippen molar-refractivity contribution < 1.29 is 4.74 Å². The molecule has 0 saturated heterocycles. The minimum absolute atomic E-state index is 0.523. The summed E-state index contributed by atoms with van der Waals surface area (Å²) in [4.78, 5) is 4.43. The van der Waals surface area contributed by atoms with Gasteiger partial charge in [-0.05, 0) is 31.6 Å². The lowest BCUT2D eigenvalue weighted by Crippen LogP contribution is -2.01. The topological polar surface area (TPSA) is 22.1 Å². The van der Waals surface area contributed by atoms with Crippen LogP contribution in [0.3, 0.4) is 0 Å². The van der Waals surface area contributed by atoms with E-state index in [1.165, 1.54) is 5.01 Å². The van der Waals surface area contributed by atoms with Crippen molar-refractivity contribution in [2.24, 2.45) is 5.92 Å². The minimum atomic E-state index is 0.523. The molecule has 1 aromatic heterocycles. The molecule has 17 heavy (non-hydrogen) atoms. The highest BCUT2D eigenvalue weighted by atomic mass is 35.5. The van der Waals surface area contributed by atoms with Gasteiger partial charge in [0, 0.05) is 18.6 Å². The monoisotopic (exact) mass is 275 g/mol. The van der Waals surface area contributed by atoms with Gasteiger partial charge in [-0.2, -0.15) is 0 Å². The van der Waals surface area contributed by atoms with Crippen LogP contribution in [0.15, 0.2) is 5.38 Å². The van der Waals surface area contributed by atoms with Crippen LogP contribution in [0.25, 0.3) is 0 Å². The zero-order chi connectivity index (χ0) is 12.5. The zero-order valence-electron chi connectivity index (χ0n) is 10.7. The summed E-state index contributed by atoms with van der Waals surface area (Å²) in [7, 11) is 0. The van der Waals surface area contributed by atoms with E-state index in [4.69, 9.17) is 16.3 Å². The predicted molar refractivity (Wildman–Crippen MR) is 74.9 cm³/mol. The summed E-state index contributed by atoms with van der Waals surface area (Å²) in [5, 5.41) is 3.24. The van der Waals surface area contributed by atoms with Crippen LogP contribution in [0, 0.1) is 5.92 Å². The second kappa shape index (κ2) is 8.90. The Hall–Kier alpha value is -0.120. The third-order valence-corrected chi connectivity index (χ3v) is 3.74. The molecule has 1 aromatic rings. The standard InChI is InChI=1S/C13H22ClNOS/c1-11(2)6-8-16-7-4-3-5-13-15-12(9-14)10-17-13/h10-11H,3-9H2,1-2H3. The third kappa shape index (κ3) is 7.02. The zero-order valence-corrected chi connectivity index (χ0v) is 12.3. The molecule has 1 rings (SSSR count). The van der Waals surface area contributed by atoms with Crippen molar-refractivity contribution in [1.29, 1.82) is 0 Å². The molecule has 1 heterocycles. The normalized spacial score (nSPS) is 11.3. The summed E-state index contributed by atoms with van der Waals surface area (Å²) in [6, 6.07) is 0. The van der Waals surface area contributed by atoms with Crippen molar-refractivity contribution in [2.75, 3.05) is 13.2 Å². The van der Waals surface area contributed by atoms with Gasteiger partial charge in [-0.1, -0.05) is 13.8 Å². The second-order valence-electron chi connectivity index (χ2n) is 4.62. The molecule has 4 heteroatoms. The Morgan fingerprint density at radius 3 is 2.82 bits per heavy atom. The number of rotatable bonds is 9. The molecule has 0 atom stereocenters. The molecule has 0 aliphatic heterocycles. The van der Waals surface area contributed by atoms with Crippen molar-refractivity contribution in [3.8, 4) is 0 Å². The van der Waals surface area contributed by atoms with Crippen LogP contribution in [0.2, 0.25) is 0 Å². The number of halogens is 1. The van der Waals surface area contributed by atoms with E-state index in [0.717, 1.165) is 50.5 Å². The summed E-state index contributed by atoms with van der Waals surface area (Å²) in [5.74, 6) is 1.26. The van der Waals surface area contributed by atoms with Gasteiger partial charge in [0.05, 0.1) is 16.6 Å². The molecule has 0 bridgehead atoms. The molecule has 0 aliphatic rings. The average molecular weight is 276 g/mol. The minimum Gasteiger partial charge on any atom is -0.381 e. The van der Waals surface area contributed by atoms with Crippen molar-refractivity contribution in [2.45, 2.75) is 45.4 Å². The number of hydrogen-bond donors (Lipinski definition) is 0. The van der Waals surface area contributed by atoms with Crippen molar-refractivity contribution >= 4 is 22.9 Å². The fourth-order valence-electron chi connectivity index (χ4n) is 1.43. The molecule has 0 unspecified atom stereocenters. The van der Waals surface area contributed by atoms with Crippen molar-refractivity contribution in [3.63, 3.8) is 0 Å². The molecule has 0 aromatic carbocycles. The van der Waals surface area contributed by atoms with Gasteiger partial charge in [0.25, 0.3) is 0 Å². The van der Waals surface area contributed by atoms with Crippen molar-refractivity contribution in [1.82, 2.24) is 4.98 Å². The fraction of sp³-hybridized carbons (Fsp3) is 0.769. The molecular formula is C13H22ClNOS. The summed E-state index contributed by atoms with van der Waals surface area (Å²) >= 11 is 7.42. The first-order valence-corrected chi connectivity index (χ1v) is 7.70. The largest absolute Gasteiger partial charge is 0.381 e. The molecule has 0 fully saturated rings. The predicted octanol–water partition coefficient (Wildman–Crippen LogP) is 4.27. The molecule has 98 valence electrons. The lowest BCUT2D eigenvalue weighted by Gasteiger charge is -2.05. The van der Waals surface area contributed by atoms with Crippen LogP contribution in [0.1, 0.15) is 43.8 Å². The maximum absolute atomic E-state index is 5.71. The highest BCUT2D eigenvalue weighted by molar-refractivity contribution is 7.09. The Labute approximate surface area is 113 Å². The first-order chi connectivity index (χ1) is 8.22. The average Bonchev–Trinajstić information content (AvgIpc) is 2.75. The lowest BCUT2D eigenvalue weighted by atomic mass is 10.1. The number of hydrogen-bond acceptors (Lipinski definition) is 3. The van der Waals surface area contributed by atoms with E-state index >= 15 is 0 Å². The Balaban J connectivity index is 1.97. The van der Waals surface area contributed by atoms with Gasteiger partial charge in [0.15, 0.2) is 0 Å². The number of nitrogens with zero attached hydrogens (tertiary/aromatic N) is 1. The number of aryl methyl sites for hydroxylation is 1. The summed E-state index contributed by atoms with van der Waals surface area (Å²) in [6.07, 6.45) is 4.48. The van der Waals surface area contributed by atoms with E-state index in [0.29, 0.717) is 5.88 Å². The first kappa shape index (κ1) is 14.9. The SMILES string of the molecule is CC(C)CCOCCCCc1nc(CCl)cs1. The molecule has 0 radical (unpaired) electrons. The number of aromatic nitrogens is 1. The number of ether oxygens (including phenoxy) is 1. The third-order valence-electron chi connectivity index (χ3n) is 2.51. The van der Waals surface area contributed by atoms with Crippen LogP contribution < -0.4 is 0 Å². The molecule has 2 nitrogen and oxygen atoms in total. The Kier molecular flexibility index (Phi) is 7.82. The quantitative estimate of drug-likeness (QED) is 0.496. The van der Waals surface area contributed by atoms with Crippen LogP contribution in [-0.2, 0) is 17.0 Å². The maximum atomic E-state index is 5.71. The van der Waals surface area contributed by atoms with E-state index in [1.807, 2.05) is 5.38 Å². The lowest BCUT2D eigenvalue weighted by molar-refractivity contribution is 0.120. The molecule has 0 N–H and O–H groups in total. The molecular weight excluding hydrogens is 254 g/mol. The van der Waals surface area contributed by atoms with Crippen molar-refractivity contribution in [3.05, 3.63) is 16.1 Å².